The predicted octanol–water partition coefficient (Wildman–Crippen LogP) is 13.8. The molecule has 0 spiro atoms. The molecule has 7 nitrogen and oxygen atoms in total. The van der Waals surface area contributed by atoms with Crippen molar-refractivity contribution in [1.29, 1.82) is 0 Å². The molecule has 0 saturated heterocycles. The van der Waals surface area contributed by atoms with E-state index in [0.717, 1.165) is 52.3 Å². The molecule has 1 aliphatic rings. The normalized spacial score (nSPS) is 14.2. The molecule has 10 aromatic rings. The molecule has 0 aliphatic carbocycles. The molecule has 7 aromatic carbocycles. The van der Waals surface area contributed by atoms with Crippen LogP contribution in [0.25, 0.3) is 67.2 Å². The molecule has 0 bridgehead atoms. The summed E-state index contributed by atoms with van der Waals surface area (Å²) in [4.78, 5) is 7.13. The SMILES string of the molecule is [2H]c1c([2H])c([2H])c(-c2cccc(-c3c([2H])c([2H])c([2H])c([2H])c3[2H])c2-n2[c](=[Pt])n(-c3cccc(Oc4ccc5c(c4)N(c4cc(C)ccn4)B(CCC)n4nc(-c6ccccc6)cc4-5)c3)c3ccccc32)c([2H])c1[2H]. The fourth-order valence-electron chi connectivity index (χ4n) is 8.62. The van der Waals surface area contributed by atoms with Gasteiger partial charge in [-0.1, -0.05) is 43.7 Å². The fraction of sp³-hybridized carbons (Fsp3) is 0.0727. The summed E-state index contributed by atoms with van der Waals surface area (Å²) in [5.41, 5.74) is 8.28. The van der Waals surface area contributed by atoms with Crippen molar-refractivity contribution in [2.24, 2.45) is 0 Å². The Morgan fingerprint density at radius 3 is 2.02 bits per heavy atom. The number of hydrogen-bond donors (Lipinski definition) is 0. The number of nitrogens with zero attached hydrogens (tertiary/aromatic N) is 6. The summed E-state index contributed by atoms with van der Waals surface area (Å²) in [7, 11) is 0. The van der Waals surface area contributed by atoms with Crippen LogP contribution in [-0.2, 0) is 19.4 Å². The minimum atomic E-state index is -0.560. The Kier molecular flexibility index (Phi) is 7.84. The van der Waals surface area contributed by atoms with Gasteiger partial charge in [0.25, 0.3) is 0 Å². The van der Waals surface area contributed by atoms with E-state index in [2.05, 4.69) is 72.9 Å². The standard InChI is InChI=1S/C55H43BN6O.Pt/c1-3-32-56-61(54-34-39(2)31-33-57-54)52-36-45(29-30-48(52)53-37-49(58-62(53)56)42-21-11-6-12-22-42)63-44-24-15-23-43(35-44)59-38-60(51-28-14-13-27-50(51)59)55-46(40-17-7-4-8-18-40)25-16-26-47(55)41-19-9-5-10-20-41;/h4-31,33-37H,3,32H2,1-2H3;/i4D,5D,7D,8D,9D,10D,17D,18D,19D,20D;. The van der Waals surface area contributed by atoms with Crippen LogP contribution in [0, 0.1) is 10.7 Å². The molecule has 64 heavy (non-hydrogen) atoms. The van der Waals surface area contributed by atoms with Crippen molar-refractivity contribution >= 4 is 29.5 Å². The van der Waals surface area contributed by atoms with Gasteiger partial charge >= 0.3 is 315 Å². The summed E-state index contributed by atoms with van der Waals surface area (Å²) in [5, 5.41) is 5.21. The number of imidazole rings is 1. The van der Waals surface area contributed by atoms with Crippen molar-refractivity contribution < 1.29 is 37.8 Å². The number of hydrogen-bond acceptors (Lipinski definition) is 4. The zero-order valence-electron chi connectivity index (χ0n) is 44.7. The van der Waals surface area contributed by atoms with Crippen molar-refractivity contribution in [3.05, 3.63) is 209 Å². The number of aromatic nitrogens is 5. The number of pyridine rings is 1. The second-order valence-electron chi connectivity index (χ2n) is 15.4. The summed E-state index contributed by atoms with van der Waals surface area (Å²) >= 11 is 2.17. The van der Waals surface area contributed by atoms with Gasteiger partial charge in [-0.3, -0.25) is 0 Å². The molecular formula is C55H43BN6OPt. The summed E-state index contributed by atoms with van der Waals surface area (Å²) in [6, 6.07) is 37.3. The first-order valence-corrected chi connectivity index (χ1v) is 22.1. The molecule has 9 heteroatoms. The molecule has 0 fully saturated rings. The van der Waals surface area contributed by atoms with E-state index >= 15 is 0 Å². The number of para-hydroxylation sites is 3. The van der Waals surface area contributed by atoms with Crippen LogP contribution in [0.2, 0.25) is 6.32 Å². The van der Waals surface area contributed by atoms with E-state index in [1.54, 1.807) is 18.2 Å². The third kappa shape index (κ3) is 7.05. The Balaban J connectivity index is 1.08. The van der Waals surface area contributed by atoms with Gasteiger partial charge in [0.15, 0.2) is 0 Å². The zero-order chi connectivity index (χ0) is 51.9. The van der Waals surface area contributed by atoms with E-state index in [9.17, 15) is 0 Å². The van der Waals surface area contributed by atoms with Crippen LogP contribution in [0.15, 0.2) is 200 Å². The minimum absolute atomic E-state index is 0.111. The van der Waals surface area contributed by atoms with Crippen LogP contribution in [-0.4, -0.2) is 30.8 Å². The Hall–Kier alpha value is -7.28. The van der Waals surface area contributed by atoms with Crippen LogP contribution in [0.5, 0.6) is 11.5 Å². The molecule has 3 aromatic heterocycles. The van der Waals surface area contributed by atoms with E-state index < -0.39 is 60.4 Å². The first-order valence-electron chi connectivity index (χ1n) is 25.9. The maximum atomic E-state index is 9.10. The molecular weight excluding hydrogens is 967 g/mol. The average Bonchev–Trinajstić information content (AvgIpc) is 4.00. The molecule has 0 N–H and O–H groups in total. The molecule has 312 valence electrons. The van der Waals surface area contributed by atoms with E-state index in [1.807, 2.05) is 100 Å². The second kappa shape index (κ2) is 16.8. The van der Waals surface area contributed by atoms with Crippen molar-refractivity contribution in [3.63, 3.8) is 0 Å². The van der Waals surface area contributed by atoms with Gasteiger partial charge in [0, 0.05) is 11.8 Å². The Morgan fingerprint density at radius 1 is 0.641 bits per heavy atom. The third-order valence-corrected chi connectivity index (χ3v) is 12.4. The Labute approximate surface area is 398 Å². The number of aryl methyl sites for hydroxylation is 1. The number of rotatable bonds is 10. The van der Waals surface area contributed by atoms with Gasteiger partial charge in [-0.05, 0) is 18.6 Å². The first-order chi connectivity index (χ1) is 35.7. The van der Waals surface area contributed by atoms with Gasteiger partial charge in [-0.2, -0.15) is 5.10 Å². The van der Waals surface area contributed by atoms with Gasteiger partial charge in [-0.15, -0.1) is 0 Å². The summed E-state index contributed by atoms with van der Waals surface area (Å²) in [6.45, 7) is 4.04. The van der Waals surface area contributed by atoms with Gasteiger partial charge in [-0.25, -0.2) is 0 Å². The second-order valence-corrected chi connectivity index (χ2v) is 16.5. The molecule has 1 aliphatic heterocycles. The Bertz CT molecular complexity index is 3850. The summed E-state index contributed by atoms with van der Waals surface area (Å²) in [6.07, 6.45) is 3.52. The van der Waals surface area contributed by atoms with E-state index in [4.69, 9.17) is 28.5 Å². The van der Waals surface area contributed by atoms with E-state index in [0.29, 0.717) is 32.0 Å². The molecule has 0 radical (unpaired) electrons. The number of anilines is 2. The van der Waals surface area contributed by atoms with E-state index in [1.165, 1.54) is 0 Å². The molecule has 0 unspecified atom stereocenters. The van der Waals surface area contributed by atoms with Crippen LogP contribution in [0.4, 0.5) is 11.5 Å². The van der Waals surface area contributed by atoms with Crippen LogP contribution < -0.4 is 9.55 Å². The summed E-state index contributed by atoms with van der Waals surface area (Å²) in [5.74, 6) is 1.90. The zero-order valence-corrected chi connectivity index (χ0v) is 37.0. The molecule has 11 rings (SSSR count). The van der Waals surface area contributed by atoms with Crippen LogP contribution in [0.1, 0.15) is 32.6 Å². The number of fused-ring (bicyclic) bond motifs is 4. The van der Waals surface area contributed by atoms with Crippen LogP contribution >= 0.6 is 0 Å². The summed E-state index contributed by atoms with van der Waals surface area (Å²) < 4.78 is 101. The van der Waals surface area contributed by atoms with Crippen molar-refractivity contribution in [3.8, 4) is 67.6 Å². The molecule has 0 atom stereocenters. The van der Waals surface area contributed by atoms with Crippen molar-refractivity contribution in [2.45, 2.75) is 26.6 Å². The Morgan fingerprint density at radius 2 is 1.31 bits per heavy atom. The molecule has 0 amide bonds. The average molecular weight is 1020 g/mol. The number of ether oxygens (including phenoxy) is 1. The predicted molar refractivity (Wildman–Crippen MR) is 257 cm³/mol. The topological polar surface area (TPSA) is 53.0 Å². The van der Waals surface area contributed by atoms with E-state index in [-0.39, 0.29) is 34.9 Å². The monoisotopic (exact) mass is 1020 g/mol. The van der Waals surface area contributed by atoms with Crippen molar-refractivity contribution in [1.82, 2.24) is 23.8 Å². The fourth-order valence-corrected chi connectivity index (χ4v) is 9.72. The quantitative estimate of drug-likeness (QED) is 0.128. The molecule has 4 heterocycles. The third-order valence-electron chi connectivity index (χ3n) is 11.4. The first kappa shape index (κ1) is 29.9. The maximum absolute atomic E-state index is 9.10. The molecule has 0 saturated carbocycles. The number of benzene rings is 7. The van der Waals surface area contributed by atoms with Crippen LogP contribution in [0.3, 0.4) is 0 Å². The van der Waals surface area contributed by atoms with Gasteiger partial charge in [0.2, 0.25) is 0 Å². The van der Waals surface area contributed by atoms with Crippen molar-refractivity contribution in [2.75, 3.05) is 4.81 Å². The van der Waals surface area contributed by atoms with Gasteiger partial charge < -0.3 is 0 Å². The van der Waals surface area contributed by atoms with Gasteiger partial charge in [0.05, 0.1) is 5.69 Å². The van der Waals surface area contributed by atoms with Gasteiger partial charge in [0.1, 0.15) is 0 Å².